The highest BCUT2D eigenvalue weighted by atomic mass is 16.3. The molecule has 7 nitrogen and oxygen atoms in total. The lowest BCUT2D eigenvalue weighted by Crippen LogP contribution is -2.41. The van der Waals surface area contributed by atoms with Crippen LogP contribution in [0.3, 0.4) is 0 Å². The van der Waals surface area contributed by atoms with Gasteiger partial charge >= 0.3 is 0 Å². The van der Waals surface area contributed by atoms with Gasteiger partial charge in [0.25, 0.3) is 5.56 Å². The Morgan fingerprint density at radius 2 is 2.23 bits per heavy atom. The van der Waals surface area contributed by atoms with E-state index >= 15 is 0 Å². The number of aliphatic hydroxyl groups is 1. The van der Waals surface area contributed by atoms with Crippen LogP contribution in [0.4, 0.5) is 0 Å². The third-order valence-electron chi connectivity index (χ3n) is 3.80. The maximum absolute atomic E-state index is 12.3. The van der Waals surface area contributed by atoms with Gasteiger partial charge in [0.05, 0.1) is 12.6 Å². The minimum atomic E-state index is -0.265. The number of nitrogens with one attached hydrogen (secondary N) is 2. The van der Waals surface area contributed by atoms with Gasteiger partial charge in [-0.15, -0.1) is 0 Å². The minimum absolute atomic E-state index is 0.0961. The molecule has 0 aliphatic carbocycles. The number of hydrogen-bond acceptors (Lipinski definition) is 4. The van der Waals surface area contributed by atoms with Gasteiger partial charge in [0.2, 0.25) is 5.91 Å². The number of aromatic nitrogens is 3. The molecule has 0 bridgehead atoms. The summed E-state index contributed by atoms with van der Waals surface area (Å²) in [5.41, 5.74) is 1.55. The first-order valence-electron chi connectivity index (χ1n) is 7.40. The first-order chi connectivity index (χ1) is 10.4. The summed E-state index contributed by atoms with van der Waals surface area (Å²) in [6, 6.07) is 1.46. The second-order valence-electron chi connectivity index (χ2n) is 5.74. The highest BCUT2D eigenvalue weighted by Crippen LogP contribution is 2.06. The van der Waals surface area contributed by atoms with Gasteiger partial charge < -0.3 is 10.4 Å². The summed E-state index contributed by atoms with van der Waals surface area (Å²) in [4.78, 5) is 28.6. The molecule has 120 valence electrons. The fraction of sp³-hybridized carbons (Fsp3) is 0.533. The van der Waals surface area contributed by atoms with Gasteiger partial charge in [-0.2, -0.15) is 0 Å². The van der Waals surface area contributed by atoms with Crippen molar-refractivity contribution in [3.63, 3.8) is 0 Å². The normalized spacial score (nSPS) is 12.8. The predicted molar refractivity (Wildman–Crippen MR) is 82.7 cm³/mol. The molecule has 22 heavy (non-hydrogen) atoms. The SMILES string of the molecule is Cc1nc2cc[nH]n2c(=O)c1CCC(=O)NC(CO)C(C)C. The molecule has 7 heteroatoms. The van der Waals surface area contributed by atoms with E-state index < -0.39 is 0 Å². The molecule has 0 fully saturated rings. The third-order valence-corrected chi connectivity index (χ3v) is 3.80. The molecule has 0 saturated heterocycles. The first-order valence-corrected chi connectivity index (χ1v) is 7.40. The lowest BCUT2D eigenvalue weighted by atomic mass is 10.0. The number of carbonyl (C=O) groups is 1. The van der Waals surface area contributed by atoms with E-state index in [1.807, 2.05) is 13.8 Å². The highest BCUT2D eigenvalue weighted by Gasteiger charge is 2.16. The van der Waals surface area contributed by atoms with Crippen LogP contribution < -0.4 is 10.9 Å². The van der Waals surface area contributed by atoms with E-state index in [0.29, 0.717) is 23.3 Å². The molecule has 0 spiro atoms. The van der Waals surface area contributed by atoms with Crippen LogP contribution in [-0.2, 0) is 11.2 Å². The highest BCUT2D eigenvalue weighted by molar-refractivity contribution is 5.76. The van der Waals surface area contributed by atoms with Crippen LogP contribution in [-0.4, -0.2) is 38.3 Å². The number of aryl methyl sites for hydroxylation is 1. The molecular formula is C15H22N4O3. The van der Waals surface area contributed by atoms with Crippen molar-refractivity contribution in [2.75, 3.05) is 6.61 Å². The Balaban J connectivity index is 2.08. The first kappa shape index (κ1) is 16.2. The number of hydrogen-bond donors (Lipinski definition) is 3. The van der Waals surface area contributed by atoms with Crippen LogP contribution in [0.25, 0.3) is 5.65 Å². The number of rotatable bonds is 6. The van der Waals surface area contributed by atoms with Crippen molar-refractivity contribution < 1.29 is 9.90 Å². The molecule has 0 saturated carbocycles. The fourth-order valence-corrected chi connectivity index (χ4v) is 2.33. The van der Waals surface area contributed by atoms with Crippen LogP contribution in [0, 0.1) is 12.8 Å². The Kier molecular flexibility index (Phi) is 4.97. The number of H-pyrrole nitrogens is 1. The van der Waals surface area contributed by atoms with Crippen LogP contribution in [0.2, 0.25) is 0 Å². The fourth-order valence-electron chi connectivity index (χ4n) is 2.33. The summed E-state index contributed by atoms with van der Waals surface area (Å²) in [5.74, 6) is -0.0265. The van der Waals surface area contributed by atoms with Gasteiger partial charge in [0.1, 0.15) is 0 Å². The number of aromatic amines is 1. The van der Waals surface area contributed by atoms with Crippen molar-refractivity contribution in [3.05, 3.63) is 33.9 Å². The van der Waals surface area contributed by atoms with Gasteiger partial charge in [-0.1, -0.05) is 13.8 Å². The molecule has 0 aliphatic rings. The maximum atomic E-state index is 12.3. The zero-order valence-electron chi connectivity index (χ0n) is 13.1. The zero-order chi connectivity index (χ0) is 16.3. The molecule has 0 radical (unpaired) electrons. The van der Waals surface area contributed by atoms with Crippen LogP contribution in [0.15, 0.2) is 17.1 Å². The Bertz CT molecular complexity index is 717. The van der Waals surface area contributed by atoms with Crippen molar-refractivity contribution in [1.29, 1.82) is 0 Å². The number of fused-ring (bicyclic) bond motifs is 1. The van der Waals surface area contributed by atoms with E-state index in [2.05, 4.69) is 15.4 Å². The van der Waals surface area contributed by atoms with E-state index in [1.54, 1.807) is 19.2 Å². The Hall–Kier alpha value is -2.15. The number of aliphatic hydroxyl groups excluding tert-OH is 1. The summed E-state index contributed by atoms with van der Waals surface area (Å²) in [7, 11) is 0. The average molecular weight is 306 g/mol. The van der Waals surface area contributed by atoms with E-state index in [-0.39, 0.29) is 36.5 Å². The van der Waals surface area contributed by atoms with Gasteiger partial charge in [-0.25, -0.2) is 9.50 Å². The summed E-state index contributed by atoms with van der Waals surface area (Å²) < 4.78 is 1.37. The van der Waals surface area contributed by atoms with Gasteiger partial charge in [-0.3, -0.25) is 14.7 Å². The average Bonchev–Trinajstić information content (AvgIpc) is 2.92. The molecule has 1 unspecified atom stereocenters. The van der Waals surface area contributed by atoms with E-state index in [9.17, 15) is 14.7 Å². The monoisotopic (exact) mass is 306 g/mol. The smallest absolute Gasteiger partial charge is 0.276 e. The predicted octanol–water partition coefficient (Wildman–Crippen LogP) is 0.397. The molecule has 0 aromatic carbocycles. The van der Waals surface area contributed by atoms with Crippen LogP contribution in [0.5, 0.6) is 0 Å². The van der Waals surface area contributed by atoms with Crippen molar-refractivity contribution in [2.24, 2.45) is 5.92 Å². The summed E-state index contributed by atoms with van der Waals surface area (Å²) in [6.07, 6.45) is 2.16. The Morgan fingerprint density at radius 3 is 2.86 bits per heavy atom. The van der Waals surface area contributed by atoms with Crippen molar-refractivity contribution in [2.45, 2.75) is 39.7 Å². The molecular weight excluding hydrogens is 284 g/mol. The van der Waals surface area contributed by atoms with Crippen molar-refractivity contribution >= 4 is 11.6 Å². The van der Waals surface area contributed by atoms with Gasteiger partial charge in [0.15, 0.2) is 5.65 Å². The molecule has 2 aromatic rings. The summed E-state index contributed by atoms with van der Waals surface area (Å²) >= 11 is 0. The topological polar surface area (TPSA) is 99.5 Å². The molecule has 2 rings (SSSR count). The molecule has 1 atom stereocenters. The summed E-state index contributed by atoms with van der Waals surface area (Å²) in [5, 5.41) is 14.8. The van der Waals surface area contributed by atoms with Gasteiger partial charge in [-0.05, 0) is 19.3 Å². The second kappa shape index (κ2) is 6.74. The van der Waals surface area contributed by atoms with Crippen LogP contribution >= 0.6 is 0 Å². The molecule has 3 N–H and O–H groups in total. The second-order valence-corrected chi connectivity index (χ2v) is 5.74. The van der Waals surface area contributed by atoms with Crippen LogP contribution in [0.1, 0.15) is 31.5 Å². The lowest BCUT2D eigenvalue weighted by molar-refractivity contribution is -0.122. The van der Waals surface area contributed by atoms with Gasteiger partial charge in [0, 0.05) is 29.9 Å². The lowest BCUT2D eigenvalue weighted by Gasteiger charge is -2.19. The third kappa shape index (κ3) is 3.36. The molecule has 2 heterocycles. The minimum Gasteiger partial charge on any atom is -0.394 e. The number of carbonyl (C=O) groups excluding carboxylic acids is 1. The van der Waals surface area contributed by atoms with E-state index in [1.165, 1.54) is 4.52 Å². The molecule has 0 aliphatic heterocycles. The number of nitrogens with zero attached hydrogens (tertiary/aromatic N) is 2. The quantitative estimate of drug-likeness (QED) is 0.719. The largest absolute Gasteiger partial charge is 0.394 e. The summed E-state index contributed by atoms with van der Waals surface area (Å²) in [6.45, 7) is 5.54. The van der Waals surface area contributed by atoms with Crippen molar-refractivity contribution in [1.82, 2.24) is 19.9 Å². The standard InChI is InChI=1S/C15H22N4O3/c1-9(2)12(8-20)18-14(21)5-4-11-10(3)17-13-6-7-16-19(13)15(11)22/h6-7,9,12,16,20H,4-5,8H2,1-3H3,(H,18,21). The maximum Gasteiger partial charge on any atom is 0.276 e. The van der Waals surface area contributed by atoms with Crippen molar-refractivity contribution in [3.8, 4) is 0 Å². The zero-order valence-corrected chi connectivity index (χ0v) is 13.1. The Morgan fingerprint density at radius 1 is 1.50 bits per heavy atom. The van der Waals surface area contributed by atoms with E-state index in [0.717, 1.165) is 0 Å². The number of amides is 1. The molecule has 1 amide bonds. The Labute approximate surface area is 128 Å². The van der Waals surface area contributed by atoms with E-state index in [4.69, 9.17) is 0 Å². The molecule has 2 aromatic heterocycles.